The molecule has 9 nitrogen and oxygen atoms in total. The third-order valence-corrected chi connectivity index (χ3v) is 6.62. The van der Waals surface area contributed by atoms with Gasteiger partial charge < -0.3 is 31.1 Å². The average molecular weight is 488 g/mol. The van der Waals surface area contributed by atoms with E-state index in [0.717, 1.165) is 43.0 Å². The number of hydrogen-bond acceptors (Lipinski definition) is 8. The van der Waals surface area contributed by atoms with Crippen LogP contribution < -0.4 is 16.4 Å². The standard InChI is InChI=1S/C24H34ClN7O2/c1-12(2)20-22-21(31-30-20)23(27-11-17-18(33)9-14(25)10-19(17)34)29-24(32(22)13(3)4)28-16-7-5-15(26)6-8-16/h9-10,12-13,15-16,27,33-34H,5-8,11,26H2,1-4H3,(H,28,29). The molecule has 1 aliphatic carbocycles. The van der Waals surface area contributed by atoms with Gasteiger partial charge in [0.2, 0.25) is 5.95 Å². The predicted molar refractivity (Wildman–Crippen MR) is 135 cm³/mol. The Labute approximate surface area is 205 Å². The van der Waals surface area contributed by atoms with Crippen molar-refractivity contribution in [3.05, 3.63) is 28.4 Å². The van der Waals surface area contributed by atoms with Crippen molar-refractivity contribution in [2.24, 2.45) is 5.73 Å². The van der Waals surface area contributed by atoms with Gasteiger partial charge in [0.05, 0.1) is 17.0 Å². The fourth-order valence-corrected chi connectivity index (χ4v) is 4.77. The molecule has 0 radical (unpaired) electrons. The summed E-state index contributed by atoms with van der Waals surface area (Å²) in [5.74, 6) is 1.28. The summed E-state index contributed by atoms with van der Waals surface area (Å²) in [4.78, 5) is 4.92. The first kappa shape index (κ1) is 24.3. The number of phenolic OH excluding ortho intramolecular Hbond substituents is 2. The second-order valence-corrected chi connectivity index (χ2v) is 10.2. The second-order valence-electron chi connectivity index (χ2n) is 9.72. The zero-order valence-corrected chi connectivity index (χ0v) is 20.9. The molecule has 10 heteroatoms. The van der Waals surface area contributed by atoms with Crippen molar-refractivity contribution in [2.45, 2.75) is 84.0 Å². The molecule has 34 heavy (non-hydrogen) atoms. The van der Waals surface area contributed by atoms with Gasteiger partial charge in [-0.15, -0.1) is 5.10 Å². The molecule has 0 atom stereocenters. The van der Waals surface area contributed by atoms with E-state index in [1.807, 2.05) is 0 Å². The van der Waals surface area contributed by atoms with Crippen molar-refractivity contribution in [3.8, 4) is 22.9 Å². The van der Waals surface area contributed by atoms with Gasteiger partial charge in [0.25, 0.3) is 0 Å². The number of benzene rings is 1. The van der Waals surface area contributed by atoms with E-state index in [4.69, 9.17) is 22.3 Å². The van der Waals surface area contributed by atoms with E-state index in [-0.39, 0.29) is 47.1 Å². The number of halogens is 1. The van der Waals surface area contributed by atoms with Crippen LogP contribution in [-0.2, 0) is 6.54 Å². The molecule has 1 saturated carbocycles. The van der Waals surface area contributed by atoms with Crippen LogP contribution in [0.2, 0.25) is 5.02 Å². The molecular weight excluding hydrogens is 454 g/mol. The third kappa shape index (κ3) is 4.86. The van der Waals surface area contributed by atoms with Gasteiger partial charge in [-0.3, -0.25) is 0 Å². The number of anilines is 2. The van der Waals surface area contributed by atoms with Gasteiger partial charge in [0.15, 0.2) is 11.5 Å². The van der Waals surface area contributed by atoms with Crippen molar-refractivity contribution in [1.82, 2.24) is 19.7 Å². The maximum atomic E-state index is 10.3. The molecule has 3 aliphatic rings. The molecule has 1 aromatic rings. The highest BCUT2D eigenvalue weighted by atomic mass is 35.5. The molecule has 184 valence electrons. The van der Waals surface area contributed by atoms with Gasteiger partial charge in [-0.25, -0.2) is 0 Å². The Morgan fingerprint density at radius 3 is 2.32 bits per heavy atom. The van der Waals surface area contributed by atoms with Gasteiger partial charge in [-0.2, -0.15) is 10.1 Å². The van der Waals surface area contributed by atoms with Crippen molar-refractivity contribution >= 4 is 23.4 Å². The van der Waals surface area contributed by atoms with E-state index in [1.54, 1.807) is 0 Å². The Hall–Kier alpha value is -2.78. The number of phenols is 2. The molecule has 0 aromatic heterocycles. The van der Waals surface area contributed by atoms with E-state index >= 15 is 0 Å². The van der Waals surface area contributed by atoms with Gasteiger partial charge in [0.1, 0.15) is 11.5 Å². The van der Waals surface area contributed by atoms with Crippen molar-refractivity contribution in [1.29, 1.82) is 0 Å². The van der Waals surface area contributed by atoms with Gasteiger partial charge in [-0.05, 0) is 57.6 Å². The highest BCUT2D eigenvalue weighted by Gasteiger charge is 2.29. The number of aromatic nitrogens is 4. The maximum Gasteiger partial charge on any atom is 0.205 e. The van der Waals surface area contributed by atoms with Crippen LogP contribution in [0.4, 0.5) is 11.8 Å². The molecule has 0 spiro atoms. The molecule has 1 fully saturated rings. The topological polar surface area (TPSA) is 134 Å². The van der Waals surface area contributed by atoms with Crippen LogP contribution in [0.25, 0.3) is 11.4 Å². The minimum absolute atomic E-state index is 0.0877. The SMILES string of the molecule is CC(C)c1nnc2c(NCc3c(O)cc(Cl)cc3O)nc(NC3CCC(N)CC3)n(C(C)C)c1-2. The third-order valence-electron chi connectivity index (χ3n) is 6.40. The summed E-state index contributed by atoms with van der Waals surface area (Å²) in [7, 11) is 0. The van der Waals surface area contributed by atoms with Crippen LogP contribution in [0.5, 0.6) is 11.5 Å². The highest BCUT2D eigenvalue weighted by Crippen LogP contribution is 2.39. The molecule has 0 saturated heterocycles. The number of fused-ring (bicyclic) bond motifs is 1. The normalized spacial score (nSPS) is 18.7. The predicted octanol–water partition coefficient (Wildman–Crippen LogP) is 4.84. The molecule has 4 rings (SSSR count). The van der Waals surface area contributed by atoms with Crippen molar-refractivity contribution in [2.75, 3.05) is 10.6 Å². The van der Waals surface area contributed by atoms with Crippen molar-refractivity contribution in [3.63, 3.8) is 0 Å². The number of hydrogen-bond donors (Lipinski definition) is 5. The molecule has 0 amide bonds. The Morgan fingerprint density at radius 2 is 1.74 bits per heavy atom. The zero-order valence-electron chi connectivity index (χ0n) is 20.1. The zero-order chi connectivity index (χ0) is 24.6. The summed E-state index contributed by atoms with van der Waals surface area (Å²) in [5.41, 5.74) is 8.93. The number of aromatic hydroxyl groups is 2. The van der Waals surface area contributed by atoms with Crippen LogP contribution in [0.3, 0.4) is 0 Å². The van der Waals surface area contributed by atoms with Crippen LogP contribution >= 0.6 is 11.6 Å². The van der Waals surface area contributed by atoms with Crippen LogP contribution in [-0.4, -0.2) is 42.0 Å². The van der Waals surface area contributed by atoms with Crippen LogP contribution in [0.15, 0.2) is 12.1 Å². The first-order valence-corrected chi connectivity index (χ1v) is 12.3. The van der Waals surface area contributed by atoms with E-state index in [1.165, 1.54) is 12.1 Å². The smallest absolute Gasteiger partial charge is 0.205 e. The quantitative estimate of drug-likeness (QED) is 0.319. The van der Waals surface area contributed by atoms with Crippen molar-refractivity contribution < 1.29 is 10.2 Å². The fourth-order valence-electron chi connectivity index (χ4n) is 4.56. The average Bonchev–Trinajstić information content (AvgIpc) is 3.19. The van der Waals surface area contributed by atoms with Crippen LogP contribution in [0, 0.1) is 0 Å². The van der Waals surface area contributed by atoms with E-state index in [0.29, 0.717) is 17.1 Å². The summed E-state index contributed by atoms with van der Waals surface area (Å²) < 4.78 is 2.17. The number of nitrogens with one attached hydrogen (secondary N) is 2. The molecule has 2 heterocycles. The first-order chi connectivity index (χ1) is 16.2. The number of nitrogens with zero attached hydrogens (tertiary/aromatic N) is 4. The monoisotopic (exact) mass is 487 g/mol. The summed E-state index contributed by atoms with van der Waals surface area (Å²) in [5, 5.41) is 36.7. The second kappa shape index (κ2) is 9.84. The lowest BCUT2D eigenvalue weighted by atomic mass is 9.92. The lowest BCUT2D eigenvalue weighted by Gasteiger charge is -2.30. The first-order valence-electron chi connectivity index (χ1n) is 11.9. The van der Waals surface area contributed by atoms with E-state index < -0.39 is 0 Å². The maximum absolute atomic E-state index is 10.3. The Bertz CT molecular complexity index is 1100. The molecule has 0 unspecified atom stereocenters. The Kier molecular flexibility index (Phi) is 7.04. The van der Waals surface area contributed by atoms with E-state index in [9.17, 15) is 10.2 Å². The summed E-state index contributed by atoms with van der Waals surface area (Å²) in [6.07, 6.45) is 3.95. The highest BCUT2D eigenvalue weighted by molar-refractivity contribution is 6.30. The van der Waals surface area contributed by atoms with Crippen LogP contribution in [0.1, 0.15) is 76.6 Å². The Morgan fingerprint density at radius 1 is 1.09 bits per heavy atom. The van der Waals surface area contributed by atoms with Gasteiger partial charge in [0, 0.05) is 29.7 Å². The van der Waals surface area contributed by atoms with Gasteiger partial charge >= 0.3 is 0 Å². The molecule has 2 aliphatic heterocycles. The largest absolute Gasteiger partial charge is 0.507 e. The number of rotatable bonds is 7. The molecule has 1 aromatic carbocycles. The summed E-state index contributed by atoms with van der Waals surface area (Å²) in [6, 6.07) is 3.48. The summed E-state index contributed by atoms with van der Waals surface area (Å²) in [6.45, 7) is 8.58. The minimum atomic E-state index is -0.0877. The molecule has 6 N–H and O–H groups in total. The molecule has 0 bridgehead atoms. The minimum Gasteiger partial charge on any atom is -0.507 e. The van der Waals surface area contributed by atoms with E-state index in [2.05, 4.69) is 53.1 Å². The molecular formula is C24H34ClN7O2. The van der Waals surface area contributed by atoms with Gasteiger partial charge in [-0.1, -0.05) is 25.4 Å². The fraction of sp³-hybridized carbons (Fsp3) is 0.542. The lowest BCUT2D eigenvalue weighted by Crippen LogP contribution is -2.34. The summed E-state index contributed by atoms with van der Waals surface area (Å²) >= 11 is 5.93. The Balaban J connectivity index is 1.75. The lowest BCUT2D eigenvalue weighted by molar-refractivity contribution is 0.407. The number of nitrogens with two attached hydrogens (primary N) is 1.